The van der Waals surface area contributed by atoms with Crippen molar-refractivity contribution in [3.63, 3.8) is 0 Å². The van der Waals surface area contributed by atoms with E-state index in [-0.39, 0.29) is 17.6 Å². The summed E-state index contributed by atoms with van der Waals surface area (Å²) >= 11 is 0. The molecule has 0 spiro atoms. The summed E-state index contributed by atoms with van der Waals surface area (Å²) in [7, 11) is 1.78. The first-order valence-corrected chi connectivity index (χ1v) is 12.1. The van der Waals surface area contributed by atoms with Crippen LogP contribution in [-0.4, -0.2) is 69.5 Å². The number of nitrogens with zero attached hydrogens (tertiary/aromatic N) is 2. The molecule has 0 radical (unpaired) electrons. The molecular formula is C24H40N4O4. The summed E-state index contributed by atoms with van der Waals surface area (Å²) in [6, 6.07) is 4.20. The van der Waals surface area contributed by atoms with Gasteiger partial charge in [0, 0.05) is 52.4 Å². The molecule has 0 bridgehead atoms. The van der Waals surface area contributed by atoms with Gasteiger partial charge in [-0.3, -0.25) is 4.99 Å². The van der Waals surface area contributed by atoms with Gasteiger partial charge in [0.1, 0.15) is 5.76 Å². The third-order valence-corrected chi connectivity index (χ3v) is 6.68. The minimum Gasteiger partial charge on any atom is -0.469 e. The number of piperidine rings is 1. The topological polar surface area (TPSA) is 88.3 Å². The molecule has 180 valence electrons. The van der Waals surface area contributed by atoms with Gasteiger partial charge in [-0.25, -0.2) is 4.79 Å². The predicted molar refractivity (Wildman–Crippen MR) is 125 cm³/mol. The Labute approximate surface area is 192 Å². The number of likely N-dealkylation sites (tertiary alicyclic amines) is 1. The monoisotopic (exact) mass is 448 g/mol. The van der Waals surface area contributed by atoms with Crippen LogP contribution in [0.15, 0.2) is 27.8 Å². The van der Waals surface area contributed by atoms with E-state index in [2.05, 4.69) is 10.6 Å². The fourth-order valence-electron chi connectivity index (χ4n) is 4.70. The molecule has 1 aliphatic carbocycles. The van der Waals surface area contributed by atoms with Crippen LogP contribution in [0.1, 0.15) is 57.6 Å². The number of guanidine groups is 1. The maximum Gasteiger partial charge on any atom is 0.409 e. The Morgan fingerprint density at radius 2 is 2.09 bits per heavy atom. The van der Waals surface area contributed by atoms with Crippen molar-refractivity contribution in [1.29, 1.82) is 0 Å². The van der Waals surface area contributed by atoms with Crippen molar-refractivity contribution >= 4 is 12.1 Å². The Kier molecular flexibility index (Phi) is 9.71. The van der Waals surface area contributed by atoms with Gasteiger partial charge in [-0.2, -0.15) is 0 Å². The van der Waals surface area contributed by atoms with Crippen molar-refractivity contribution in [1.82, 2.24) is 15.5 Å². The first-order valence-electron chi connectivity index (χ1n) is 12.1. The van der Waals surface area contributed by atoms with E-state index in [0.29, 0.717) is 19.7 Å². The number of nitrogens with one attached hydrogen (secondary N) is 2. The van der Waals surface area contributed by atoms with Crippen LogP contribution >= 0.6 is 0 Å². The quantitative estimate of drug-likeness (QED) is 0.420. The highest BCUT2D eigenvalue weighted by molar-refractivity contribution is 5.80. The van der Waals surface area contributed by atoms with Crippen LogP contribution in [0.2, 0.25) is 0 Å². The number of amides is 1. The Bertz CT molecular complexity index is 693. The van der Waals surface area contributed by atoms with Crippen LogP contribution in [0.25, 0.3) is 0 Å². The Balaban J connectivity index is 1.57. The molecule has 1 aromatic heterocycles. The molecule has 2 fully saturated rings. The molecule has 1 aromatic rings. The first kappa shape index (κ1) is 24.4. The fraction of sp³-hybridized carbons (Fsp3) is 0.750. The summed E-state index contributed by atoms with van der Waals surface area (Å²) in [6.45, 7) is 6.02. The maximum atomic E-state index is 12.0. The zero-order chi connectivity index (χ0) is 22.7. The van der Waals surface area contributed by atoms with Gasteiger partial charge in [-0.05, 0) is 56.6 Å². The molecule has 2 heterocycles. The number of aliphatic imine (C=N–C) groups is 1. The van der Waals surface area contributed by atoms with Crippen molar-refractivity contribution in [3.8, 4) is 0 Å². The van der Waals surface area contributed by atoms with Gasteiger partial charge in [-0.1, -0.05) is 12.8 Å². The van der Waals surface area contributed by atoms with Crippen molar-refractivity contribution < 1.29 is 18.7 Å². The number of furan rings is 1. The zero-order valence-electron chi connectivity index (χ0n) is 19.7. The Hall–Kier alpha value is -2.22. The van der Waals surface area contributed by atoms with E-state index in [1.807, 2.05) is 19.1 Å². The summed E-state index contributed by atoms with van der Waals surface area (Å²) in [5.41, 5.74) is 0.249. The van der Waals surface area contributed by atoms with Crippen molar-refractivity contribution in [3.05, 3.63) is 24.2 Å². The maximum absolute atomic E-state index is 12.0. The van der Waals surface area contributed by atoms with Crippen molar-refractivity contribution in [2.24, 2.45) is 10.4 Å². The van der Waals surface area contributed by atoms with Gasteiger partial charge < -0.3 is 29.4 Å². The third-order valence-electron chi connectivity index (χ3n) is 6.68. The predicted octanol–water partition coefficient (Wildman–Crippen LogP) is 3.58. The molecule has 32 heavy (non-hydrogen) atoms. The SMILES string of the molecule is CCOC(=O)N1CCC(NC(=NCC2(CCOC)CCCC2)NCCc2ccco2)CC1. The summed E-state index contributed by atoms with van der Waals surface area (Å²) in [5.74, 6) is 1.82. The molecule has 0 unspecified atom stereocenters. The lowest BCUT2D eigenvalue weighted by molar-refractivity contribution is 0.0963. The van der Waals surface area contributed by atoms with Crippen LogP contribution in [0.5, 0.6) is 0 Å². The average molecular weight is 449 g/mol. The third kappa shape index (κ3) is 7.43. The number of hydrogen-bond donors (Lipinski definition) is 2. The second-order valence-electron chi connectivity index (χ2n) is 8.98. The smallest absolute Gasteiger partial charge is 0.409 e. The summed E-state index contributed by atoms with van der Waals surface area (Å²) in [6.07, 6.45) is 10.1. The minimum absolute atomic E-state index is 0.210. The Morgan fingerprint density at radius 1 is 1.31 bits per heavy atom. The normalized spacial score (nSPS) is 19.2. The molecule has 8 heteroatoms. The molecule has 8 nitrogen and oxygen atoms in total. The minimum atomic E-state index is -0.210. The van der Waals surface area contributed by atoms with Crippen LogP contribution in [0, 0.1) is 5.41 Å². The second-order valence-corrected chi connectivity index (χ2v) is 8.98. The molecule has 1 amide bonds. The van der Waals surface area contributed by atoms with Gasteiger partial charge in [0.15, 0.2) is 5.96 Å². The molecule has 1 saturated heterocycles. The lowest BCUT2D eigenvalue weighted by Crippen LogP contribution is -2.50. The molecule has 2 aliphatic rings. The molecule has 0 aromatic carbocycles. The van der Waals surface area contributed by atoms with E-state index >= 15 is 0 Å². The van der Waals surface area contributed by atoms with Crippen molar-refractivity contribution in [2.45, 2.75) is 64.3 Å². The molecule has 0 atom stereocenters. The highest BCUT2D eigenvalue weighted by atomic mass is 16.6. The first-order chi connectivity index (χ1) is 15.6. The fourth-order valence-corrected chi connectivity index (χ4v) is 4.70. The van der Waals surface area contributed by atoms with E-state index in [0.717, 1.165) is 57.1 Å². The average Bonchev–Trinajstić information content (AvgIpc) is 3.49. The van der Waals surface area contributed by atoms with E-state index in [9.17, 15) is 4.79 Å². The molecule has 2 N–H and O–H groups in total. The van der Waals surface area contributed by atoms with Gasteiger partial charge in [0.25, 0.3) is 0 Å². The second kappa shape index (κ2) is 12.7. The molecule has 1 saturated carbocycles. The molecule has 3 rings (SSSR count). The molecule has 1 aliphatic heterocycles. The van der Waals surface area contributed by atoms with Gasteiger partial charge in [0.05, 0.1) is 12.9 Å². The lowest BCUT2D eigenvalue weighted by atomic mass is 9.83. The van der Waals surface area contributed by atoms with Crippen LogP contribution in [0.4, 0.5) is 4.79 Å². The summed E-state index contributed by atoms with van der Waals surface area (Å²) < 4.78 is 16.0. The number of carbonyl (C=O) groups excluding carboxylic acids is 1. The molecular weight excluding hydrogens is 408 g/mol. The number of carbonyl (C=O) groups is 1. The lowest BCUT2D eigenvalue weighted by Gasteiger charge is -2.33. The van der Waals surface area contributed by atoms with Gasteiger partial charge in [-0.15, -0.1) is 0 Å². The number of ether oxygens (including phenoxy) is 2. The van der Waals surface area contributed by atoms with Crippen LogP contribution in [-0.2, 0) is 15.9 Å². The highest BCUT2D eigenvalue weighted by Crippen LogP contribution is 2.41. The van der Waals surface area contributed by atoms with Gasteiger partial charge in [0.2, 0.25) is 0 Å². The Morgan fingerprint density at radius 3 is 2.75 bits per heavy atom. The zero-order valence-corrected chi connectivity index (χ0v) is 19.7. The van der Waals surface area contributed by atoms with Crippen molar-refractivity contribution in [2.75, 3.05) is 46.5 Å². The highest BCUT2D eigenvalue weighted by Gasteiger charge is 2.33. The van der Waals surface area contributed by atoms with E-state index < -0.39 is 0 Å². The van der Waals surface area contributed by atoms with E-state index in [4.69, 9.17) is 18.9 Å². The van der Waals surface area contributed by atoms with E-state index in [1.54, 1.807) is 18.3 Å². The largest absolute Gasteiger partial charge is 0.469 e. The summed E-state index contributed by atoms with van der Waals surface area (Å²) in [4.78, 5) is 18.8. The number of hydrogen-bond acceptors (Lipinski definition) is 5. The standard InChI is InChI=1S/C24H40N4O4/c1-3-31-23(29)28-15-9-20(10-16-28)27-22(25-14-8-21-7-6-17-32-21)26-19-24(13-18-30-2)11-4-5-12-24/h6-7,17,20H,3-5,8-16,18-19H2,1-2H3,(H2,25,26,27). The summed E-state index contributed by atoms with van der Waals surface area (Å²) in [5, 5.41) is 7.12. The van der Waals surface area contributed by atoms with Crippen LogP contribution in [0.3, 0.4) is 0 Å². The van der Waals surface area contributed by atoms with E-state index in [1.165, 1.54) is 25.7 Å². The van der Waals surface area contributed by atoms with Gasteiger partial charge >= 0.3 is 6.09 Å². The number of rotatable bonds is 10. The number of methoxy groups -OCH3 is 1. The van der Waals surface area contributed by atoms with Crippen LogP contribution < -0.4 is 10.6 Å².